The molecule has 1 aromatic heterocycles. The van der Waals surface area contributed by atoms with Gasteiger partial charge in [0.25, 0.3) is 10.1 Å². The lowest BCUT2D eigenvalue weighted by Crippen LogP contribution is -2.19. The van der Waals surface area contributed by atoms with Gasteiger partial charge in [-0.3, -0.25) is 0 Å². The summed E-state index contributed by atoms with van der Waals surface area (Å²) in [5, 5.41) is 16.5. The number of hydrogen-bond acceptors (Lipinski definition) is 6. The predicted octanol–water partition coefficient (Wildman–Crippen LogP) is 0.428. The quantitative estimate of drug-likeness (QED) is 0.770. The number of rotatable bonds is 6. The normalized spacial score (nSPS) is 13.0. The third-order valence-electron chi connectivity index (χ3n) is 2.51. The van der Waals surface area contributed by atoms with E-state index in [9.17, 15) is 13.2 Å². The molecule has 0 aliphatic heterocycles. The Balaban J connectivity index is 2.19. The van der Waals surface area contributed by atoms with Crippen LogP contribution < -0.4 is 0 Å². The number of hydrogen-bond donors (Lipinski definition) is 1. The van der Waals surface area contributed by atoms with Gasteiger partial charge in [-0.2, -0.15) is 8.42 Å². The lowest BCUT2D eigenvalue weighted by atomic mass is 10.2. The number of aliphatic carboxylic acids is 1. The molecule has 0 amide bonds. The summed E-state index contributed by atoms with van der Waals surface area (Å²) in [4.78, 5) is 11.1. The molecule has 0 fully saturated rings. The van der Waals surface area contributed by atoms with E-state index in [-0.39, 0.29) is 5.69 Å². The fourth-order valence-electron chi connectivity index (χ4n) is 1.67. The Bertz CT molecular complexity index is 726. The summed E-state index contributed by atoms with van der Waals surface area (Å²) in [6, 6.07) is 9.35. The number of aromatic nitrogens is 3. The molecule has 1 unspecified atom stereocenters. The van der Waals surface area contributed by atoms with Crippen molar-refractivity contribution in [1.29, 1.82) is 0 Å². The SMILES string of the molecule is CS(=O)(=O)OC(C(=O)O)c1cn(Cc2ccccc2)nn1. The molecule has 0 spiro atoms. The van der Waals surface area contributed by atoms with Crippen molar-refractivity contribution in [2.45, 2.75) is 12.6 Å². The van der Waals surface area contributed by atoms with Crippen molar-refractivity contribution < 1.29 is 22.5 Å². The van der Waals surface area contributed by atoms with Crippen LogP contribution in [0.5, 0.6) is 0 Å². The average molecular weight is 311 g/mol. The molecule has 1 heterocycles. The van der Waals surface area contributed by atoms with Crippen molar-refractivity contribution in [3.8, 4) is 0 Å². The largest absolute Gasteiger partial charge is 0.479 e. The van der Waals surface area contributed by atoms with Crippen molar-refractivity contribution in [3.05, 3.63) is 47.8 Å². The van der Waals surface area contributed by atoms with E-state index in [4.69, 9.17) is 5.11 Å². The van der Waals surface area contributed by atoms with E-state index >= 15 is 0 Å². The second kappa shape index (κ2) is 6.02. The Morgan fingerprint density at radius 3 is 2.62 bits per heavy atom. The molecule has 2 rings (SSSR count). The standard InChI is InChI=1S/C12H13N3O5S/c1-21(18,19)20-11(12(16)17)10-8-15(14-13-10)7-9-5-3-2-4-6-9/h2-6,8,11H,7H2,1H3,(H,16,17). The molecule has 2 aromatic rings. The van der Waals surface area contributed by atoms with Gasteiger partial charge < -0.3 is 5.11 Å². The summed E-state index contributed by atoms with van der Waals surface area (Å²) in [5.74, 6) is -1.45. The van der Waals surface area contributed by atoms with Crippen LogP contribution >= 0.6 is 0 Å². The van der Waals surface area contributed by atoms with E-state index in [2.05, 4.69) is 14.5 Å². The molecule has 0 radical (unpaired) electrons. The highest BCUT2D eigenvalue weighted by molar-refractivity contribution is 7.86. The first-order valence-corrected chi connectivity index (χ1v) is 7.72. The van der Waals surface area contributed by atoms with Gasteiger partial charge in [-0.05, 0) is 5.56 Å². The zero-order valence-corrected chi connectivity index (χ0v) is 11.9. The molecule has 112 valence electrons. The minimum atomic E-state index is -3.92. The Morgan fingerprint density at radius 1 is 1.38 bits per heavy atom. The van der Waals surface area contributed by atoms with Gasteiger partial charge in [-0.1, -0.05) is 35.5 Å². The van der Waals surface area contributed by atoms with E-state index in [0.29, 0.717) is 6.54 Å². The fraction of sp³-hybridized carbons (Fsp3) is 0.250. The molecule has 8 nitrogen and oxygen atoms in total. The van der Waals surface area contributed by atoms with Gasteiger partial charge in [-0.25, -0.2) is 13.7 Å². The maximum Gasteiger partial charge on any atom is 0.340 e. The van der Waals surface area contributed by atoms with E-state index in [1.54, 1.807) is 0 Å². The van der Waals surface area contributed by atoms with Crippen LogP contribution in [-0.4, -0.2) is 40.7 Å². The molecule has 0 saturated heterocycles. The van der Waals surface area contributed by atoms with E-state index in [0.717, 1.165) is 11.8 Å². The molecule has 0 bridgehead atoms. The molecule has 21 heavy (non-hydrogen) atoms. The minimum Gasteiger partial charge on any atom is -0.479 e. The van der Waals surface area contributed by atoms with Gasteiger partial charge in [0.1, 0.15) is 5.69 Å². The third-order valence-corrected chi connectivity index (χ3v) is 3.05. The fourth-order valence-corrected chi connectivity index (χ4v) is 2.20. The zero-order chi connectivity index (χ0) is 15.5. The number of benzene rings is 1. The maximum absolute atomic E-state index is 11.1. The van der Waals surface area contributed by atoms with Gasteiger partial charge in [0.2, 0.25) is 6.10 Å². The van der Waals surface area contributed by atoms with Crippen molar-refractivity contribution in [2.24, 2.45) is 0 Å². The van der Waals surface area contributed by atoms with E-state index in [1.807, 2.05) is 30.3 Å². The second-order valence-corrected chi connectivity index (χ2v) is 5.95. The first-order valence-electron chi connectivity index (χ1n) is 5.90. The zero-order valence-electron chi connectivity index (χ0n) is 11.1. The summed E-state index contributed by atoms with van der Waals surface area (Å²) in [6.45, 7) is 0.388. The minimum absolute atomic E-state index is 0.0798. The summed E-state index contributed by atoms with van der Waals surface area (Å²) in [7, 11) is -3.92. The summed E-state index contributed by atoms with van der Waals surface area (Å²) in [6.07, 6.45) is 0.415. The molecular weight excluding hydrogens is 298 g/mol. The van der Waals surface area contributed by atoms with Crippen LogP contribution in [0.4, 0.5) is 0 Å². The maximum atomic E-state index is 11.1. The summed E-state index contributed by atoms with van der Waals surface area (Å²) in [5.41, 5.74) is 0.869. The summed E-state index contributed by atoms with van der Waals surface area (Å²) >= 11 is 0. The molecule has 1 aromatic carbocycles. The topological polar surface area (TPSA) is 111 Å². The number of carboxylic acids is 1. The van der Waals surface area contributed by atoms with Crippen LogP contribution in [0.25, 0.3) is 0 Å². The van der Waals surface area contributed by atoms with E-state index in [1.165, 1.54) is 10.9 Å². The van der Waals surface area contributed by atoms with Gasteiger partial charge >= 0.3 is 5.97 Å². The Labute approximate surface area is 121 Å². The molecule has 1 atom stereocenters. The van der Waals surface area contributed by atoms with Crippen molar-refractivity contribution in [1.82, 2.24) is 15.0 Å². The first-order chi connectivity index (χ1) is 9.85. The molecule has 0 aliphatic carbocycles. The van der Waals surface area contributed by atoms with Crippen molar-refractivity contribution >= 4 is 16.1 Å². The first kappa shape index (κ1) is 15.1. The van der Waals surface area contributed by atoms with Crippen LogP contribution in [0.3, 0.4) is 0 Å². The van der Waals surface area contributed by atoms with Crippen LogP contribution in [-0.2, 0) is 25.6 Å². The van der Waals surface area contributed by atoms with Gasteiger partial charge in [0, 0.05) is 0 Å². The second-order valence-electron chi connectivity index (χ2n) is 4.35. The third kappa shape index (κ3) is 4.36. The van der Waals surface area contributed by atoms with Gasteiger partial charge in [0.15, 0.2) is 0 Å². The van der Waals surface area contributed by atoms with Gasteiger partial charge in [-0.15, -0.1) is 5.10 Å². The highest BCUT2D eigenvalue weighted by Crippen LogP contribution is 2.17. The van der Waals surface area contributed by atoms with Crippen molar-refractivity contribution in [3.63, 3.8) is 0 Å². The van der Waals surface area contributed by atoms with Gasteiger partial charge in [0.05, 0.1) is 19.0 Å². The molecular formula is C12H13N3O5S. The van der Waals surface area contributed by atoms with E-state index < -0.39 is 22.2 Å². The lowest BCUT2D eigenvalue weighted by molar-refractivity contribution is -0.145. The van der Waals surface area contributed by atoms with Crippen LogP contribution in [0, 0.1) is 0 Å². The molecule has 0 saturated carbocycles. The number of nitrogens with zero attached hydrogens (tertiary/aromatic N) is 3. The Hall–Kier alpha value is -2.26. The Kier molecular flexibility index (Phi) is 4.34. The monoisotopic (exact) mass is 311 g/mol. The highest BCUT2D eigenvalue weighted by atomic mass is 32.2. The molecule has 1 N–H and O–H groups in total. The van der Waals surface area contributed by atoms with Crippen LogP contribution in [0.15, 0.2) is 36.5 Å². The number of carbonyl (C=O) groups is 1. The number of carboxylic acid groups (broad SMARTS) is 1. The molecule has 9 heteroatoms. The highest BCUT2D eigenvalue weighted by Gasteiger charge is 2.28. The average Bonchev–Trinajstić information content (AvgIpc) is 2.84. The predicted molar refractivity (Wildman–Crippen MR) is 71.9 cm³/mol. The lowest BCUT2D eigenvalue weighted by Gasteiger charge is -2.07. The van der Waals surface area contributed by atoms with Crippen LogP contribution in [0.2, 0.25) is 0 Å². The smallest absolute Gasteiger partial charge is 0.340 e. The Morgan fingerprint density at radius 2 is 2.05 bits per heavy atom. The van der Waals surface area contributed by atoms with Crippen molar-refractivity contribution in [2.75, 3.05) is 6.26 Å². The molecule has 0 aliphatic rings. The summed E-state index contributed by atoms with van der Waals surface area (Å²) < 4.78 is 28.1. The van der Waals surface area contributed by atoms with Crippen LogP contribution in [0.1, 0.15) is 17.4 Å².